The van der Waals surface area contributed by atoms with Gasteiger partial charge in [0.25, 0.3) is 0 Å². The van der Waals surface area contributed by atoms with Crippen LogP contribution in [-0.2, 0) is 17.9 Å². The quantitative estimate of drug-likeness (QED) is 0.648. The second-order valence-electron chi connectivity index (χ2n) is 4.54. The first-order valence-electron chi connectivity index (χ1n) is 6.79. The number of carbonyl (C=O) groups is 1. The molecule has 0 aliphatic heterocycles. The Morgan fingerprint density at radius 1 is 1.35 bits per heavy atom. The molecule has 0 unspecified atom stereocenters. The zero-order valence-corrected chi connectivity index (χ0v) is 14.5. The summed E-state index contributed by atoms with van der Waals surface area (Å²) in [5, 5.41) is 8.65. The predicted octanol–water partition coefficient (Wildman–Crippen LogP) is 3.25. The Bertz CT molecular complexity index is 666. The molecule has 0 bridgehead atoms. The van der Waals surface area contributed by atoms with Crippen molar-refractivity contribution in [2.45, 2.75) is 13.2 Å². The van der Waals surface area contributed by atoms with E-state index < -0.39 is 0 Å². The maximum atomic E-state index is 11.8. The van der Waals surface area contributed by atoms with E-state index in [0.717, 1.165) is 11.3 Å². The Morgan fingerprint density at radius 3 is 2.91 bits per heavy atom. The Hall–Kier alpha value is -1.38. The number of nitrogens with one attached hydrogen (secondary N) is 2. The largest absolute Gasteiger partial charge is 0.374 e. The molecule has 0 radical (unpaired) electrons. The summed E-state index contributed by atoms with van der Waals surface area (Å²) in [6.07, 6.45) is 0. The minimum atomic E-state index is -0.347. The number of hydrogen-bond donors (Lipinski definition) is 3. The van der Waals surface area contributed by atoms with E-state index in [1.54, 1.807) is 18.2 Å². The molecule has 1 heterocycles. The maximum absolute atomic E-state index is 11.8. The number of amides is 2. The molecule has 0 saturated heterocycles. The molecule has 1 aromatic heterocycles. The molecule has 124 valence electrons. The van der Waals surface area contributed by atoms with Gasteiger partial charge in [0.15, 0.2) is 5.13 Å². The molecule has 23 heavy (non-hydrogen) atoms. The molecule has 6 nitrogen and oxygen atoms in total. The van der Waals surface area contributed by atoms with E-state index in [0.29, 0.717) is 41.5 Å². The van der Waals surface area contributed by atoms with E-state index in [-0.39, 0.29) is 6.03 Å². The summed E-state index contributed by atoms with van der Waals surface area (Å²) < 4.78 is 5.28. The predicted molar refractivity (Wildman–Crippen MR) is 93.1 cm³/mol. The van der Waals surface area contributed by atoms with Gasteiger partial charge in [-0.25, -0.2) is 9.78 Å². The molecule has 0 saturated carbocycles. The second kappa shape index (κ2) is 9.05. The number of nitrogens with zero attached hydrogens (tertiary/aromatic N) is 1. The first kappa shape index (κ1) is 18.0. The van der Waals surface area contributed by atoms with Crippen LogP contribution in [0.15, 0.2) is 23.6 Å². The molecule has 4 N–H and O–H groups in total. The van der Waals surface area contributed by atoms with Crippen LogP contribution >= 0.6 is 34.5 Å². The van der Waals surface area contributed by atoms with Gasteiger partial charge in [-0.3, -0.25) is 5.32 Å². The number of urea groups is 1. The zero-order valence-electron chi connectivity index (χ0n) is 12.1. The molecule has 0 aliphatic rings. The van der Waals surface area contributed by atoms with E-state index in [9.17, 15) is 4.79 Å². The van der Waals surface area contributed by atoms with Crippen LogP contribution < -0.4 is 16.4 Å². The Morgan fingerprint density at radius 2 is 2.17 bits per heavy atom. The van der Waals surface area contributed by atoms with Gasteiger partial charge in [0.2, 0.25) is 0 Å². The zero-order chi connectivity index (χ0) is 16.7. The lowest BCUT2D eigenvalue weighted by molar-refractivity contribution is 0.126. The van der Waals surface area contributed by atoms with Crippen molar-refractivity contribution in [2.24, 2.45) is 5.73 Å². The molecule has 0 fully saturated rings. The summed E-state index contributed by atoms with van der Waals surface area (Å²) in [5.41, 5.74) is 6.94. The first-order valence-corrected chi connectivity index (χ1v) is 8.43. The normalized spacial score (nSPS) is 10.6. The van der Waals surface area contributed by atoms with Gasteiger partial charge in [0, 0.05) is 18.5 Å². The number of rotatable bonds is 7. The second-order valence-corrected chi connectivity index (χ2v) is 6.21. The van der Waals surface area contributed by atoms with Gasteiger partial charge in [-0.2, -0.15) is 0 Å². The summed E-state index contributed by atoms with van der Waals surface area (Å²) in [6, 6.07) is 4.85. The van der Waals surface area contributed by atoms with Crippen LogP contribution in [0, 0.1) is 0 Å². The molecular formula is C14H16Cl2N4O2S. The van der Waals surface area contributed by atoms with Crippen molar-refractivity contribution in [2.75, 3.05) is 18.5 Å². The molecule has 2 aromatic rings. The van der Waals surface area contributed by atoms with E-state index in [1.165, 1.54) is 11.3 Å². The molecule has 0 aliphatic carbocycles. The van der Waals surface area contributed by atoms with Crippen molar-refractivity contribution in [3.63, 3.8) is 0 Å². The SMILES string of the molecule is NCCOCc1csc(NC(=O)NCc2ccc(Cl)c(Cl)c2)n1. The molecule has 1 aromatic carbocycles. The molecular weight excluding hydrogens is 359 g/mol. The summed E-state index contributed by atoms with van der Waals surface area (Å²) in [5.74, 6) is 0. The minimum Gasteiger partial charge on any atom is -0.374 e. The van der Waals surface area contributed by atoms with E-state index in [1.807, 2.05) is 5.38 Å². The number of hydrogen-bond acceptors (Lipinski definition) is 5. The van der Waals surface area contributed by atoms with Crippen LogP contribution in [0.5, 0.6) is 0 Å². The summed E-state index contributed by atoms with van der Waals surface area (Å²) in [4.78, 5) is 16.1. The number of nitrogens with two attached hydrogens (primary N) is 1. The smallest absolute Gasteiger partial charge is 0.321 e. The molecule has 2 rings (SSSR count). The first-order chi connectivity index (χ1) is 11.1. The number of carbonyl (C=O) groups excluding carboxylic acids is 1. The average Bonchev–Trinajstić information content (AvgIpc) is 2.96. The lowest BCUT2D eigenvalue weighted by atomic mass is 10.2. The van der Waals surface area contributed by atoms with Crippen molar-refractivity contribution < 1.29 is 9.53 Å². The fraction of sp³-hybridized carbons (Fsp3) is 0.286. The molecule has 0 atom stereocenters. The van der Waals surface area contributed by atoms with Crippen molar-refractivity contribution in [1.82, 2.24) is 10.3 Å². The third-order valence-electron chi connectivity index (χ3n) is 2.72. The van der Waals surface area contributed by atoms with E-state index in [2.05, 4.69) is 15.6 Å². The van der Waals surface area contributed by atoms with Crippen molar-refractivity contribution >= 4 is 45.7 Å². The van der Waals surface area contributed by atoms with Crippen molar-refractivity contribution in [3.8, 4) is 0 Å². The van der Waals surface area contributed by atoms with E-state index in [4.69, 9.17) is 33.7 Å². The summed E-state index contributed by atoms with van der Waals surface area (Å²) in [6.45, 7) is 1.65. The number of anilines is 1. The number of halogens is 2. The standard InChI is InChI=1S/C14H16Cl2N4O2S/c15-11-2-1-9(5-12(11)16)6-18-13(21)20-14-19-10(8-23-14)7-22-4-3-17/h1-2,5,8H,3-4,6-7,17H2,(H2,18,19,20,21). The summed E-state index contributed by atoms with van der Waals surface area (Å²) in [7, 11) is 0. The van der Waals surface area contributed by atoms with Crippen molar-refractivity contribution in [1.29, 1.82) is 0 Å². The fourth-order valence-electron chi connectivity index (χ4n) is 1.66. The molecule has 9 heteroatoms. The third-order valence-corrected chi connectivity index (χ3v) is 4.27. The van der Waals surface area contributed by atoms with E-state index >= 15 is 0 Å². The van der Waals surface area contributed by atoms with Crippen LogP contribution in [0.3, 0.4) is 0 Å². The van der Waals surface area contributed by atoms with Crippen LogP contribution in [-0.4, -0.2) is 24.2 Å². The van der Waals surface area contributed by atoms with Gasteiger partial charge in [0.05, 0.1) is 29.0 Å². The lowest BCUT2D eigenvalue weighted by Gasteiger charge is -2.06. The number of ether oxygens (including phenoxy) is 1. The Labute approximate surface area is 147 Å². The average molecular weight is 375 g/mol. The molecule has 2 amide bonds. The topological polar surface area (TPSA) is 89.3 Å². The van der Waals surface area contributed by atoms with Gasteiger partial charge < -0.3 is 15.8 Å². The van der Waals surface area contributed by atoms with Crippen LogP contribution in [0.2, 0.25) is 10.0 Å². The third kappa shape index (κ3) is 5.96. The highest BCUT2D eigenvalue weighted by Crippen LogP contribution is 2.22. The maximum Gasteiger partial charge on any atom is 0.321 e. The van der Waals surface area contributed by atoms with Gasteiger partial charge in [-0.1, -0.05) is 29.3 Å². The van der Waals surface area contributed by atoms with Gasteiger partial charge in [-0.15, -0.1) is 11.3 Å². The van der Waals surface area contributed by atoms with Crippen LogP contribution in [0.25, 0.3) is 0 Å². The fourth-order valence-corrected chi connectivity index (χ4v) is 2.67. The molecule has 0 spiro atoms. The number of aromatic nitrogens is 1. The highest BCUT2D eigenvalue weighted by Gasteiger charge is 2.07. The minimum absolute atomic E-state index is 0.334. The Balaban J connectivity index is 1.79. The van der Waals surface area contributed by atoms with Crippen molar-refractivity contribution in [3.05, 3.63) is 44.9 Å². The van der Waals surface area contributed by atoms with Gasteiger partial charge in [-0.05, 0) is 17.7 Å². The number of benzene rings is 1. The highest BCUT2D eigenvalue weighted by atomic mass is 35.5. The monoisotopic (exact) mass is 374 g/mol. The number of thiazole rings is 1. The lowest BCUT2D eigenvalue weighted by Crippen LogP contribution is -2.28. The van der Waals surface area contributed by atoms with Gasteiger partial charge in [0.1, 0.15) is 0 Å². The highest BCUT2D eigenvalue weighted by molar-refractivity contribution is 7.13. The summed E-state index contributed by atoms with van der Waals surface area (Å²) >= 11 is 13.1. The van der Waals surface area contributed by atoms with Gasteiger partial charge >= 0.3 is 6.03 Å². The Kier molecular flexibility index (Phi) is 7.07. The van der Waals surface area contributed by atoms with Crippen LogP contribution in [0.4, 0.5) is 9.93 Å². The van der Waals surface area contributed by atoms with Crippen LogP contribution in [0.1, 0.15) is 11.3 Å².